The Labute approximate surface area is 167 Å². The maximum Gasteiger partial charge on any atom is 0.416 e. The Bertz CT molecular complexity index is 811. The first-order chi connectivity index (χ1) is 13.9. The lowest BCUT2D eigenvalue weighted by atomic mass is 9.90. The lowest BCUT2D eigenvalue weighted by Gasteiger charge is -2.34. The van der Waals surface area contributed by atoms with Crippen molar-refractivity contribution in [3.8, 4) is 0 Å². The number of hydrogen-bond donors (Lipinski definition) is 1. The number of urea groups is 1. The predicted molar refractivity (Wildman–Crippen MR) is 102 cm³/mol. The van der Waals surface area contributed by atoms with Crippen LogP contribution < -0.4 is 0 Å². The van der Waals surface area contributed by atoms with Gasteiger partial charge >= 0.3 is 12.2 Å². The average molecular weight is 406 g/mol. The first-order valence-corrected chi connectivity index (χ1v) is 10.1. The summed E-state index contributed by atoms with van der Waals surface area (Å²) in [5.74, 6) is 0.714. The Morgan fingerprint density at radius 1 is 1.03 bits per heavy atom. The Morgan fingerprint density at radius 3 is 2.34 bits per heavy atom. The van der Waals surface area contributed by atoms with Gasteiger partial charge in [0.1, 0.15) is 0 Å². The monoisotopic (exact) mass is 406 g/mol. The number of alkyl halides is 3. The minimum absolute atomic E-state index is 0.0972. The zero-order valence-electron chi connectivity index (χ0n) is 16.2. The third-order valence-electron chi connectivity index (χ3n) is 6.11. The summed E-state index contributed by atoms with van der Waals surface area (Å²) in [7, 11) is 0. The molecule has 0 radical (unpaired) electrons. The van der Waals surface area contributed by atoms with Crippen LogP contribution in [0.25, 0.3) is 0 Å². The number of rotatable bonds is 3. The molecule has 1 aromatic heterocycles. The molecule has 2 aliphatic heterocycles. The largest absolute Gasteiger partial charge is 0.416 e. The molecule has 5 nitrogen and oxygen atoms in total. The number of aromatic nitrogens is 2. The van der Waals surface area contributed by atoms with Gasteiger partial charge in [0.15, 0.2) is 0 Å². The number of piperidine rings is 1. The van der Waals surface area contributed by atoms with E-state index in [1.807, 2.05) is 15.9 Å². The normalized spacial score (nSPS) is 21.0. The molecule has 2 aliphatic rings. The van der Waals surface area contributed by atoms with Crippen LogP contribution in [0.5, 0.6) is 0 Å². The van der Waals surface area contributed by atoms with Crippen molar-refractivity contribution in [2.24, 2.45) is 5.92 Å². The number of H-pyrrole nitrogens is 1. The van der Waals surface area contributed by atoms with Crippen LogP contribution in [0.4, 0.5) is 18.0 Å². The predicted octanol–water partition coefficient (Wildman–Crippen LogP) is 4.29. The number of halogens is 3. The van der Waals surface area contributed by atoms with Gasteiger partial charge in [-0.3, -0.25) is 5.10 Å². The fourth-order valence-corrected chi connectivity index (χ4v) is 4.37. The van der Waals surface area contributed by atoms with Gasteiger partial charge in [-0.25, -0.2) is 4.79 Å². The highest BCUT2D eigenvalue weighted by molar-refractivity contribution is 5.75. The molecule has 2 aromatic rings. The molecule has 2 amide bonds. The third-order valence-corrected chi connectivity index (χ3v) is 6.11. The molecule has 2 fully saturated rings. The van der Waals surface area contributed by atoms with Crippen LogP contribution >= 0.6 is 0 Å². The van der Waals surface area contributed by atoms with Gasteiger partial charge in [0.05, 0.1) is 5.56 Å². The summed E-state index contributed by atoms with van der Waals surface area (Å²) >= 11 is 0. The minimum atomic E-state index is -4.30. The molecular weight excluding hydrogens is 381 g/mol. The van der Waals surface area contributed by atoms with Gasteiger partial charge < -0.3 is 9.80 Å². The number of aromatic amines is 1. The second-order valence-corrected chi connectivity index (χ2v) is 8.06. The van der Waals surface area contributed by atoms with Gasteiger partial charge in [0, 0.05) is 44.0 Å². The molecule has 1 aromatic carbocycles. The van der Waals surface area contributed by atoms with Crippen LogP contribution in [-0.2, 0) is 12.6 Å². The van der Waals surface area contributed by atoms with Gasteiger partial charge in [-0.05, 0) is 55.4 Å². The minimum Gasteiger partial charge on any atom is -0.325 e. The number of nitrogens with one attached hydrogen (secondary N) is 1. The van der Waals surface area contributed by atoms with Crippen molar-refractivity contribution in [2.75, 3.05) is 26.2 Å². The van der Waals surface area contributed by atoms with Gasteiger partial charge in [-0.2, -0.15) is 18.3 Å². The molecule has 1 atom stereocenters. The number of benzene rings is 1. The SMILES string of the molecule is O=C(N1CCC(Cc2ccc(C(F)(F)F)cc2)CC1)N1CCC(c2ccn[nH]2)C1. The van der Waals surface area contributed by atoms with Crippen LogP contribution in [-0.4, -0.2) is 52.2 Å². The molecule has 0 aliphatic carbocycles. The van der Waals surface area contributed by atoms with E-state index in [0.717, 1.165) is 55.6 Å². The summed E-state index contributed by atoms with van der Waals surface area (Å²) < 4.78 is 38.0. The summed E-state index contributed by atoms with van der Waals surface area (Å²) in [5.41, 5.74) is 1.39. The van der Waals surface area contributed by atoms with Gasteiger partial charge in [-0.15, -0.1) is 0 Å². The smallest absolute Gasteiger partial charge is 0.325 e. The van der Waals surface area contributed by atoms with Crippen molar-refractivity contribution < 1.29 is 18.0 Å². The second kappa shape index (κ2) is 8.08. The lowest BCUT2D eigenvalue weighted by Crippen LogP contribution is -2.46. The van der Waals surface area contributed by atoms with E-state index in [1.54, 1.807) is 18.3 Å². The number of hydrogen-bond acceptors (Lipinski definition) is 2. The first-order valence-electron chi connectivity index (χ1n) is 10.1. The van der Waals surface area contributed by atoms with Gasteiger partial charge in [0.2, 0.25) is 0 Å². The van der Waals surface area contributed by atoms with Crippen LogP contribution in [0.1, 0.15) is 42.0 Å². The molecule has 156 valence electrons. The maximum absolute atomic E-state index is 12.8. The molecule has 0 saturated carbocycles. The molecule has 1 N–H and O–H groups in total. The molecule has 2 saturated heterocycles. The van der Waals surface area contributed by atoms with Gasteiger partial charge in [0.25, 0.3) is 0 Å². The van der Waals surface area contributed by atoms with Crippen molar-refractivity contribution in [1.29, 1.82) is 0 Å². The summed E-state index contributed by atoms with van der Waals surface area (Å²) in [5, 5.41) is 6.99. The van der Waals surface area contributed by atoms with Crippen molar-refractivity contribution in [1.82, 2.24) is 20.0 Å². The van der Waals surface area contributed by atoms with E-state index < -0.39 is 11.7 Å². The highest BCUT2D eigenvalue weighted by atomic mass is 19.4. The average Bonchev–Trinajstić information content (AvgIpc) is 3.39. The first kappa shape index (κ1) is 19.8. The number of carbonyl (C=O) groups is 1. The number of amides is 2. The fraction of sp³-hybridized carbons (Fsp3) is 0.524. The molecule has 1 unspecified atom stereocenters. The Balaban J connectivity index is 1.25. The number of likely N-dealkylation sites (tertiary alicyclic amines) is 2. The summed E-state index contributed by atoms with van der Waals surface area (Å²) in [6, 6.07) is 7.50. The van der Waals surface area contributed by atoms with Crippen LogP contribution in [0, 0.1) is 5.92 Å². The number of carbonyl (C=O) groups excluding carboxylic acids is 1. The maximum atomic E-state index is 12.8. The van der Waals surface area contributed by atoms with Crippen molar-refractivity contribution in [2.45, 2.75) is 37.8 Å². The quantitative estimate of drug-likeness (QED) is 0.827. The second-order valence-electron chi connectivity index (χ2n) is 8.06. The third kappa shape index (κ3) is 4.57. The van der Waals surface area contributed by atoms with E-state index in [-0.39, 0.29) is 6.03 Å². The summed E-state index contributed by atoms with van der Waals surface area (Å²) in [6.45, 7) is 2.88. The molecule has 29 heavy (non-hydrogen) atoms. The van der Waals surface area contributed by atoms with Crippen molar-refractivity contribution in [3.05, 3.63) is 53.3 Å². The van der Waals surface area contributed by atoms with E-state index in [2.05, 4.69) is 10.2 Å². The van der Waals surface area contributed by atoms with E-state index in [9.17, 15) is 18.0 Å². The van der Waals surface area contributed by atoms with Crippen LogP contribution in [0.15, 0.2) is 36.5 Å². The summed E-state index contributed by atoms with van der Waals surface area (Å²) in [6.07, 6.45) is 0.900. The fourth-order valence-electron chi connectivity index (χ4n) is 4.37. The van der Waals surface area contributed by atoms with Gasteiger partial charge in [-0.1, -0.05) is 12.1 Å². The Morgan fingerprint density at radius 2 is 1.72 bits per heavy atom. The van der Waals surface area contributed by atoms with E-state index in [1.165, 1.54) is 0 Å². The standard InChI is InChI=1S/C21H25F3N4O/c22-21(23,24)18-3-1-15(2-4-18)13-16-6-10-27(11-7-16)20(29)28-12-8-17(14-28)19-5-9-25-26-19/h1-5,9,16-17H,6-8,10-14H2,(H,25,26). The molecule has 4 rings (SSSR count). The lowest BCUT2D eigenvalue weighted by molar-refractivity contribution is -0.137. The zero-order valence-corrected chi connectivity index (χ0v) is 16.2. The molecule has 8 heteroatoms. The molecular formula is C21H25F3N4O. The Hall–Kier alpha value is -2.51. The van der Waals surface area contributed by atoms with E-state index in [0.29, 0.717) is 31.5 Å². The highest BCUT2D eigenvalue weighted by Crippen LogP contribution is 2.31. The highest BCUT2D eigenvalue weighted by Gasteiger charge is 2.33. The van der Waals surface area contributed by atoms with Crippen LogP contribution in [0.2, 0.25) is 0 Å². The Kier molecular flexibility index (Phi) is 5.52. The van der Waals surface area contributed by atoms with Crippen molar-refractivity contribution in [3.63, 3.8) is 0 Å². The number of nitrogens with zero attached hydrogens (tertiary/aromatic N) is 3. The van der Waals surface area contributed by atoms with Crippen LogP contribution in [0.3, 0.4) is 0 Å². The van der Waals surface area contributed by atoms with Crippen molar-refractivity contribution >= 4 is 6.03 Å². The summed E-state index contributed by atoms with van der Waals surface area (Å²) in [4.78, 5) is 16.7. The topological polar surface area (TPSA) is 52.2 Å². The van der Waals surface area contributed by atoms with E-state index in [4.69, 9.17) is 0 Å². The molecule has 3 heterocycles. The van der Waals surface area contributed by atoms with E-state index >= 15 is 0 Å². The molecule has 0 spiro atoms. The molecule has 0 bridgehead atoms. The zero-order chi connectivity index (χ0) is 20.4.